The first-order valence-corrected chi connectivity index (χ1v) is 16.5. The lowest BCUT2D eigenvalue weighted by atomic mass is 10.0. The molecule has 28 heavy (non-hydrogen) atoms. The normalized spacial score (nSPS) is 11.9. The minimum Gasteiger partial charge on any atom is -0.542 e. The summed E-state index contributed by atoms with van der Waals surface area (Å²) in [5, 5.41) is 0. The van der Waals surface area contributed by atoms with Crippen molar-refractivity contribution in [2.24, 2.45) is 0 Å². The Morgan fingerprint density at radius 2 is 0.929 bits per heavy atom. The third-order valence-electron chi connectivity index (χ3n) is 3.99. The number of benzene rings is 2. The third kappa shape index (κ3) is 6.91. The molecule has 0 amide bonds. The fourth-order valence-corrected chi connectivity index (χ4v) is 4.51. The van der Waals surface area contributed by atoms with Crippen molar-refractivity contribution in [3.05, 3.63) is 47.5 Å². The maximum Gasteiger partial charge on any atom is 0.242 e. The zero-order chi connectivity index (χ0) is 20.9. The van der Waals surface area contributed by atoms with Crippen LogP contribution in [0.1, 0.15) is 11.1 Å². The van der Waals surface area contributed by atoms with Gasteiger partial charge in [-0.15, -0.1) is 0 Å². The fourth-order valence-electron chi connectivity index (χ4n) is 2.85. The summed E-state index contributed by atoms with van der Waals surface area (Å²) < 4.78 is 23.3. The first kappa shape index (κ1) is 22.4. The molecule has 0 fully saturated rings. The summed E-state index contributed by atoms with van der Waals surface area (Å²) in [5.74, 6) is 3.27. The van der Waals surface area contributed by atoms with Gasteiger partial charge in [0.2, 0.25) is 16.6 Å². The SMILES string of the molecule is COc1cc(CCc2ccc(O[Si](C)(C)C)c(OC)c2)ccc1O[Si](C)(C)C. The van der Waals surface area contributed by atoms with Crippen molar-refractivity contribution >= 4 is 16.6 Å². The number of ether oxygens (including phenoxy) is 2. The highest BCUT2D eigenvalue weighted by molar-refractivity contribution is 6.70. The van der Waals surface area contributed by atoms with Gasteiger partial charge in [0.1, 0.15) is 11.5 Å². The number of hydrogen-bond acceptors (Lipinski definition) is 4. The van der Waals surface area contributed by atoms with Crippen molar-refractivity contribution in [2.45, 2.75) is 52.1 Å². The fraction of sp³-hybridized carbons (Fsp3) is 0.455. The minimum absolute atomic E-state index is 0.802. The molecule has 4 nitrogen and oxygen atoms in total. The predicted molar refractivity (Wildman–Crippen MR) is 121 cm³/mol. The molecule has 154 valence electrons. The first-order valence-electron chi connectivity index (χ1n) is 9.72. The van der Waals surface area contributed by atoms with Crippen LogP contribution in [0.25, 0.3) is 0 Å². The van der Waals surface area contributed by atoms with E-state index in [9.17, 15) is 0 Å². The monoisotopic (exact) mass is 418 g/mol. The summed E-state index contributed by atoms with van der Waals surface area (Å²) in [6.45, 7) is 13.0. The van der Waals surface area contributed by atoms with Gasteiger partial charge in [-0.1, -0.05) is 12.1 Å². The van der Waals surface area contributed by atoms with Crippen LogP contribution in [0.4, 0.5) is 0 Å². The van der Waals surface area contributed by atoms with E-state index in [2.05, 4.69) is 63.5 Å². The molecule has 0 aliphatic heterocycles. The van der Waals surface area contributed by atoms with Gasteiger partial charge in [0, 0.05) is 0 Å². The maximum absolute atomic E-state index is 6.11. The van der Waals surface area contributed by atoms with Crippen molar-refractivity contribution in [1.82, 2.24) is 0 Å². The van der Waals surface area contributed by atoms with E-state index >= 15 is 0 Å². The highest BCUT2D eigenvalue weighted by Crippen LogP contribution is 2.32. The Bertz CT molecular complexity index is 725. The van der Waals surface area contributed by atoms with E-state index in [0.29, 0.717) is 0 Å². The predicted octanol–water partition coefficient (Wildman–Crippen LogP) is 5.92. The molecule has 0 radical (unpaired) electrons. The summed E-state index contributed by atoms with van der Waals surface area (Å²) >= 11 is 0. The Morgan fingerprint density at radius 3 is 1.21 bits per heavy atom. The molecule has 2 aromatic carbocycles. The van der Waals surface area contributed by atoms with E-state index < -0.39 is 16.6 Å². The molecule has 6 heteroatoms. The summed E-state index contributed by atoms with van der Waals surface area (Å²) in [6, 6.07) is 12.5. The lowest BCUT2D eigenvalue weighted by Crippen LogP contribution is -2.29. The molecular formula is C22H34O4Si2. The van der Waals surface area contributed by atoms with E-state index in [4.69, 9.17) is 18.3 Å². The molecule has 0 saturated heterocycles. The Balaban J connectivity index is 2.11. The summed E-state index contributed by atoms with van der Waals surface area (Å²) in [5.41, 5.74) is 2.45. The lowest BCUT2D eigenvalue weighted by Gasteiger charge is -2.22. The molecule has 2 rings (SSSR count). The van der Waals surface area contributed by atoms with E-state index in [1.54, 1.807) is 14.2 Å². The van der Waals surface area contributed by atoms with Crippen molar-refractivity contribution in [3.63, 3.8) is 0 Å². The zero-order valence-electron chi connectivity index (χ0n) is 18.5. The van der Waals surface area contributed by atoms with E-state index in [-0.39, 0.29) is 0 Å². The van der Waals surface area contributed by atoms with Gasteiger partial charge in [0.15, 0.2) is 11.5 Å². The zero-order valence-corrected chi connectivity index (χ0v) is 20.5. The number of rotatable bonds is 9. The van der Waals surface area contributed by atoms with Crippen LogP contribution in [-0.2, 0) is 12.8 Å². The van der Waals surface area contributed by atoms with Crippen LogP contribution < -0.4 is 18.3 Å². The highest BCUT2D eigenvalue weighted by atomic mass is 28.4. The van der Waals surface area contributed by atoms with Gasteiger partial charge in [-0.25, -0.2) is 0 Å². The van der Waals surface area contributed by atoms with Crippen LogP contribution in [0, 0.1) is 0 Å². The Hall–Kier alpha value is -1.93. The van der Waals surface area contributed by atoms with Gasteiger partial charge in [-0.05, 0) is 87.5 Å². The first-order chi connectivity index (χ1) is 13.0. The van der Waals surface area contributed by atoms with Crippen LogP contribution in [0.2, 0.25) is 39.3 Å². The van der Waals surface area contributed by atoms with Gasteiger partial charge in [0.05, 0.1) is 14.2 Å². The van der Waals surface area contributed by atoms with E-state index in [0.717, 1.165) is 35.8 Å². The van der Waals surface area contributed by atoms with Crippen LogP contribution in [0.15, 0.2) is 36.4 Å². The summed E-state index contributed by atoms with van der Waals surface area (Å²) in [7, 11) is 0.0448. The number of hydrogen-bond donors (Lipinski definition) is 0. The molecular weight excluding hydrogens is 384 g/mol. The number of aryl methyl sites for hydroxylation is 2. The summed E-state index contributed by atoms with van der Waals surface area (Å²) in [6.07, 6.45) is 1.84. The van der Waals surface area contributed by atoms with Crippen molar-refractivity contribution in [2.75, 3.05) is 14.2 Å². The number of methoxy groups -OCH3 is 2. The van der Waals surface area contributed by atoms with Crippen LogP contribution in [0.5, 0.6) is 23.0 Å². The highest BCUT2D eigenvalue weighted by Gasteiger charge is 2.20. The molecule has 0 aliphatic carbocycles. The van der Waals surface area contributed by atoms with Crippen molar-refractivity contribution in [3.8, 4) is 23.0 Å². The standard InChI is InChI=1S/C22H34O4Si2/c1-23-21-15-17(11-13-19(21)25-27(3,4)5)9-10-18-12-14-20(22(16-18)24-2)26-28(6,7)8/h11-16H,9-10H2,1-8H3. The lowest BCUT2D eigenvalue weighted by molar-refractivity contribution is 0.391. The Kier molecular flexibility index (Phi) is 7.23. The van der Waals surface area contributed by atoms with Gasteiger partial charge >= 0.3 is 0 Å². The molecule has 0 bridgehead atoms. The molecule has 0 heterocycles. The summed E-state index contributed by atoms with van der Waals surface area (Å²) in [4.78, 5) is 0. The van der Waals surface area contributed by atoms with E-state index in [1.807, 2.05) is 12.1 Å². The Morgan fingerprint density at radius 1 is 0.571 bits per heavy atom. The van der Waals surface area contributed by atoms with Crippen LogP contribution in [0.3, 0.4) is 0 Å². The molecule has 0 N–H and O–H groups in total. The second-order valence-corrected chi connectivity index (χ2v) is 17.8. The van der Waals surface area contributed by atoms with Gasteiger partial charge in [0.25, 0.3) is 0 Å². The van der Waals surface area contributed by atoms with Gasteiger partial charge in [-0.2, -0.15) is 0 Å². The molecule has 2 aromatic rings. The van der Waals surface area contributed by atoms with Crippen LogP contribution in [-0.4, -0.2) is 30.9 Å². The van der Waals surface area contributed by atoms with Crippen molar-refractivity contribution < 1.29 is 18.3 Å². The van der Waals surface area contributed by atoms with Gasteiger partial charge < -0.3 is 18.3 Å². The van der Waals surface area contributed by atoms with Crippen LogP contribution >= 0.6 is 0 Å². The molecule has 0 aromatic heterocycles. The third-order valence-corrected chi connectivity index (χ3v) is 5.66. The average molecular weight is 419 g/mol. The smallest absolute Gasteiger partial charge is 0.242 e. The molecule has 0 aliphatic rings. The maximum atomic E-state index is 6.11. The largest absolute Gasteiger partial charge is 0.542 e. The Labute approximate surface area is 172 Å². The second kappa shape index (κ2) is 9.05. The van der Waals surface area contributed by atoms with Gasteiger partial charge in [-0.3, -0.25) is 0 Å². The average Bonchev–Trinajstić information content (AvgIpc) is 2.59. The second-order valence-electron chi connectivity index (χ2n) is 8.90. The molecule has 0 spiro atoms. The molecule has 0 unspecified atom stereocenters. The van der Waals surface area contributed by atoms with E-state index in [1.165, 1.54) is 11.1 Å². The quantitative estimate of drug-likeness (QED) is 0.474. The topological polar surface area (TPSA) is 36.9 Å². The molecule has 0 saturated carbocycles. The van der Waals surface area contributed by atoms with Crippen molar-refractivity contribution in [1.29, 1.82) is 0 Å². The molecule has 0 atom stereocenters. The minimum atomic E-state index is -1.67.